The highest BCUT2D eigenvalue weighted by Gasteiger charge is 2.27. The molecule has 1 aromatic heterocycles. The number of fused-ring (bicyclic) bond motifs is 1. The van der Waals surface area contributed by atoms with Crippen molar-refractivity contribution in [2.75, 3.05) is 26.8 Å². The van der Waals surface area contributed by atoms with Crippen LogP contribution in [0.1, 0.15) is 35.5 Å². The Hall–Kier alpha value is -1.99. The van der Waals surface area contributed by atoms with E-state index in [1.54, 1.807) is 17.0 Å². The van der Waals surface area contributed by atoms with E-state index in [-0.39, 0.29) is 24.0 Å². The van der Waals surface area contributed by atoms with Gasteiger partial charge < -0.3 is 14.4 Å². The van der Waals surface area contributed by atoms with Crippen molar-refractivity contribution in [2.45, 2.75) is 26.9 Å². The van der Waals surface area contributed by atoms with Crippen LogP contribution in [0.4, 0.5) is 4.39 Å². The van der Waals surface area contributed by atoms with E-state index in [2.05, 4.69) is 13.8 Å². The van der Waals surface area contributed by atoms with Crippen molar-refractivity contribution < 1.29 is 23.5 Å². The molecule has 0 aliphatic carbocycles. The first-order chi connectivity index (χ1) is 12.9. The van der Waals surface area contributed by atoms with E-state index >= 15 is 0 Å². The van der Waals surface area contributed by atoms with Crippen LogP contribution in [0.15, 0.2) is 18.2 Å². The highest BCUT2D eigenvalue weighted by atomic mass is 32.1. The average molecular weight is 393 g/mol. The zero-order valence-electron chi connectivity index (χ0n) is 15.8. The monoisotopic (exact) mass is 393 g/mol. The van der Waals surface area contributed by atoms with E-state index in [9.17, 15) is 14.0 Å². The number of thiophene rings is 1. The second-order valence-electron chi connectivity index (χ2n) is 7.28. The predicted molar refractivity (Wildman–Crippen MR) is 102 cm³/mol. The first-order valence-corrected chi connectivity index (χ1v) is 9.86. The zero-order valence-corrected chi connectivity index (χ0v) is 16.6. The standard InChI is InChI=1S/C20H24FNO4S/c1-12-7-13(2)9-22(8-12)17(23)11-26-20(24)19-14(10-25-3)18-15(21)5-4-6-16(18)27-19/h4-6,12-13H,7-11H2,1-3H3/t12-,13+. The van der Waals surface area contributed by atoms with Crippen molar-refractivity contribution in [2.24, 2.45) is 11.8 Å². The molecule has 1 fully saturated rings. The smallest absolute Gasteiger partial charge is 0.349 e. The minimum absolute atomic E-state index is 0.0977. The molecule has 0 unspecified atom stereocenters. The summed E-state index contributed by atoms with van der Waals surface area (Å²) in [7, 11) is 1.49. The molecule has 2 atom stereocenters. The van der Waals surface area contributed by atoms with E-state index in [1.165, 1.54) is 13.2 Å². The first kappa shape index (κ1) is 19.8. The third-order valence-corrected chi connectivity index (χ3v) is 5.96. The zero-order chi connectivity index (χ0) is 19.6. The molecule has 146 valence electrons. The van der Waals surface area contributed by atoms with Crippen LogP contribution >= 0.6 is 11.3 Å². The summed E-state index contributed by atoms with van der Waals surface area (Å²) in [5.41, 5.74) is 0.466. The molecule has 1 saturated heterocycles. The third-order valence-electron chi connectivity index (χ3n) is 4.79. The minimum atomic E-state index is -0.617. The number of methoxy groups -OCH3 is 1. The summed E-state index contributed by atoms with van der Waals surface area (Å²) in [6, 6.07) is 4.70. The molecule has 0 spiro atoms. The number of hydrogen-bond donors (Lipinski definition) is 0. The Morgan fingerprint density at radius 1 is 1.26 bits per heavy atom. The molecule has 3 rings (SSSR count). The number of rotatable bonds is 5. The molecule has 7 heteroatoms. The van der Waals surface area contributed by atoms with Crippen LogP contribution in [0.25, 0.3) is 10.1 Å². The molecular weight excluding hydrogens is 369 g/mol. The number of halogens is 1. The Bertz CT molecular complexity index is 840. The van der Waals surface area contributed by atoms with Crippen molar-refractivity contribution in [3.63, 3.8) is 0 Å². The third kappa shape index (κ3) is 4.30. The van der Waals surface area contributed by atoms with Crippen molar-refractivity contribution in [1.29, 1.82) is 0 Å². The number of likely N-dealkylation sites (tertiary alicyclic amines) is 1. The van der Waals surface area contributed by atoms with Gasteiger partial charge in [0.2, 0.25) is 0 Å². The molecule has 0 bridgehead atoms. The fraction of sp³-hybridized carbons (Fsp3) is 0.500. The van der Waals surface area contributed by atoms with E-state index in [0.717, 1.165) is 17.8 Å². The number of hydrogen-bond acceptors (Lipinski definition) is 5. The fourth-order valence-corrected chi connectivity index (χ4v) is 4.88. The van der Waals surface area contributed by atoms with Gasteiger partial charge in [-0.05, 0) is 30.4 Å². The van der Waals surface area contributed by atoms with Gasteiger partial charge in [0.25, 0.3) is 5.91 Å². The van der Waals surface area contributed by atoms with Gasteiger partial charge in [-0.3, -0.25) is 4.79 Å². The number of piperidine rings is 1. The molecule has 0 saturated carbocycles. The van der Waals surface area contributed by atoms with Gasteiger partial charge in [0.15, 0.2) is 6.61 Å². The lowest BCUT2D eigenvalue weighted by molar-refractivity contribution is -0.137. The van der Waals surface area contributed by atoms with Gasteiger partial charge >= 0.3 is 5.97 Å². The van der Waals surface area contributed by atoms with Crippen LogP contribution in [0, 0.1) is 17.7 Å². The van der Waals surface area contributed by atoms with Gasteiger partial charge in [0.05, 0.1) is 6.61 Å². The SMILES string of the molecule is COCc1c(C(=O)OCC(=O)N2C[C@H](C)C[C@H](C)C2)sc2cccc(F)c12. The van der Waals surface area contributed by atoms with E-state index in [4.69, 9.17) is 9.47 Å². The Kier molecular flexibility index (Phi) is 6.11. The van der Waals surface area contributed by atoms with Gasteiger partial charge in [0, 0.05) is 35.8 Å². The largest absolute Gasteiger partial charge is 0.451 e. The van der Waals surface area contributed by atoms with Crippen molar-refractivity contribution in [3.8, 4) is 0 Å². The fourth-order valence-electron chi connectivity index (χ4n) is 3.76. The second-order valence-corrected chi connectivity index (χ2v) is 8.33. The molecule has 1 aliphatic rings. The molecule has 27 heavy (non-hydrogen) atoms. The molecule has 0 radical (unpaired) electrons. The lowest BCUT2D eigenvalue weighted by atomic mass is 9.92. The Morgan fingerprint density at radius 2 is 1.96 bits per heavy atom. The van der Waals surface area contributed by atoms with Gasteiger partial charge in [-0.1, -0.05) is 19.9 Å². The van der Waals surface area contributed by atoms with Crippen LogP contribution in [0.3, 0.4) is 0 Å². The summed E-state index contributed by atoms with van der Waals surface area (Å²) >= 11 is 1.15. The topological polar surface area (TPSA) is 55.8 Å². The van der Waals surface area contributed by atoms with Crippen molar-refractivity contribution in [3.05, 3.63) is 34.5 Å². The molecule has 2 heterocycles. The molecule has 1 aliphatic heterocycles. The summed E-state index contributed by atoms with van der Waals surface area (Å²) in [6.45, 7) is 5.39. The van der Waals surface area contributed by atoms with E-state index in [1.807, 2.05) is 0 Å². The number of esters is 1. The van der Waals surface area contributed by atoms with Gasteiger partial charge in [-0.15, -0.1) is 11.3 Å². The average Bonchev–Trinajstić information content (AvgIpc) is 2.99. The Labute approximate surface area is 162 Å². The van der Waals surface area contributed by atoms with E-state index in [0.29, 0.717) is 40.6 Å². The highest BCUT2D eigenvalue weighted by Crippen LogP contribution is 2.34. The van der Waals surface area contributed by atoms with Gasteiger partial charge in [0.1, 0.15) is 10.7 Å². The van der Waals surface area contributed by atoms with Crippen LogP contribution < -0.4 is 0 Å². The molecule has 2 aromatic rings. The summed E-state index contributed by atoms with van der Waals surface area (Å²) in [5, 5.41) is 0.376. The first-order valence-electron chi connectivity index (χ1n) is 9.04. The molecule has 5 nitrogen and oxygen atoms in total. The maximum absolute atomic E-state index is 14.2. The van der Waals surface area contributed by atoms with Crippen LogP contribution in [0.5, 0.6) is 0 Å². The number of carbonyl (C=O) groups is 2. The Morgan fingerprint density at radius 3 is 2.63 bits per heavy atom. The lowest BCUT2D eigenvalue weighted by Crippen LogP contribution is -2.44. The van der Waals surface area contributed by atoms with Crippen molar-refractivity contribution in [1.82, 2.24) is 4.90 Å². The predicted octanol–water partition coefficient (Wildman–Crippen LogP) is 3.85. The minimum Gasteiger partial charge on any atom is -0.451 e. The highest BCUT2D eigenvalue weighted by molar-refractivity contribution is 7.21. The van der Waals surface area contributed by atoms with Crippen LogP contribution in [-0.2, 0) is 20.9 Å². The number of ether oxygens (including phenoxy) is 2. The van der Waals surface area contributed by atoms with Crippen molar-refractivity contribution >= 4 is 33.3 Å². The quantitative estimate of drug-likeness (QED) is 0.724. The van der Waals surface area contributed by atoms with Crippen LogP contribution in [0.2, 0.25) is 0 Å². The molecule has 1 aromatic carbocycles. The molecule has 1 amide bonds. The lowest BCUT2D eigenvalue weighted by Gasteiger charge is -2.34. The number of amides is 1. The van der Waals surface area contributed by atoms with Gasteiger partial charge in [-0.2, -0.15) is 0 Å². The van der Waals surface area contributed by atoms with E-state index < -0.39 is 11.8 Å². The summed E-state index contributed by atoms with van der Waals surface area (Å²) in [6.07, 6.45) is 1.09. The number of benzene rings is 1. The Balaban J connectivity index is 1.73. The summed E-state index contributed by atoms with van der Waals surface area (Å²) in [4.78, 5) is 27.0. The summed E-state index contributed by atoms with van der Waals surface area (Å²) in [5.74, 6) is -0.335. The molecular formula is C20H24FNO4S. The second kappa shape index (κ2) is 8.35. The van der Waals surface area contributed by atoms with Crippen LogP contribution in [-0.4, -0.2) is 43.6 Å². The normalized spacial score (nSPS) is 20.1. The molecule has 0 N–H and O–H groups in total. The maximum Gasteiger partial charge on any atom is 0.349 e. The summed E-state index contributed by atoms with van der Waals surface area (Å²) < 4.78 is 25.3. The van der Waals surface area contributed by atoms with Gasteiger partial charge in [-0.25, -0.2) is 9.18 Å². The number of nitrogens with zero attached hydrogens (tertiary/aromatic N) is 1. The maximum atomic E-state index is 14.2. The number of carbonyl (C=O) groups excluding carboxylic acids is 2.